The number of fused-ring (bicyclic) bond motifs is 1. The molecule has 8 nitrogen and oxygen atoms in total. The van der Waals surface area contributed by atoms with E-state index in [-0.39, 0.29) is 11.8 Å². The highest BCUT2D eigenvalue weighted by Gasteiger charge is 2.21. The molecule has 1 aromatic carbocycles. The Balaban J connectivity index is 1.47. The van der Waals surface area contributed by atoms with Gasteiger partial charge in [-0.3, -0.25) is 0 Å². The molecule has 1 aliphatic heterocycles. The third-order valence-corrected chi connectivity index (χ3v) is 6.48. The second-order valence-corrected chi connectivity index (χ2v) is 9.20. The molecule has 0 unspecified atom stereocenters. The average molecular weight is 464 g/mol. The number of thiazole rings is 1. The van der Waals surface area contributed by atoms with E-state index in [0.29, 0.717) is 27.2 Å². The molecule has 1 fully saturated rings. The number of ether oxygens (including phenoxy) is 1. The largest absolute Gasteiger partial charge is 0.421 e. The molecule has 0 atom stereocenters. The van der Waals surface area contributed by atoms with Gasteiger partial charge < -0.3 is 19.9 Å². The second kappa shape index (κ2) is 8.77. The minimum Gasteiger partial charge on any atom is -0.421 e. The van der Waals surface area contributed by atoms with Crippen LogP contribution in [0, 0.1) is 17.1 Å². The molecule has 0 spiro atoms. The van der Waals surface area contributed by atoms with Crippen LogP contribution >= 0.6 is 11.3 Å². The Bertz CT molecular complexity index is 1270. The monoisotopic (exact) mass is 463 g/mol. The van der Waals surface area contributed by atoms with Gasteiger partial charge in [0.1, 0.15) is 22.6 Å². The fourth-order valence-electron chi connectivity index (χ4n) is 3.91. The number of piperazine rings is 1. The van der Waals surface area contributed by atoms with Crippen LogP contribution in [0.25, 0.3) is 6.08 Å². The van der Waals surface area contributed by atoms with Crippen LogP contribution in [0.1, 0.15) is 22.9 Å². The van der Waals surface area contributed by atoms with E-state index in [4.69, 9.17) is 10.00 Å². The summed E-state index contributed by atoms with van der Waals surface area (Å²) in [6.07, 6.45) is 4.10. The van der Waals surface area contributed by atoms with Crippen molar-refractivity contribution in [3.63, 3.8) is 0 Å². The lowest BCUT2D eigenvalue weighted by atomic mass is 10.1. The van der Waals surface area contributed by atoms with Gasteiger partial charge in [0.2, 0.25) is 0 Å². The number of anilines is 3. The van der Waals surface area contributed by atoms with Crippen LogP contribution < -0.4 is 15.0 Å². The van der Waals surface area contributed by atoms with Crippen LogP contribution in [-0.2, 0) is 6.42 Å². The van der Waals surface area contributed by atoms with Crippen molar-refractivity contribution in [1.29, 1.82) is 5.26 Å². The van der Waals surface area contributed by atoms with Gasteiger partial charge in [0.15, 0.2) is 16.7 Å². The van der Waals surface area contributed by atoms with Crippen LogP contribution in [-0.4, -0.2) is 53.1 Å². The van der Waals surface area contributed by atoms with Crippen molar-refractivity contribution < 1.29 is 9.13 Å². The van der Waals surface area contributed by atoms with E-state index in [1.165, 1.54) is 17.5 Å². The Hall–Kier alpha value is -3.55. The van der Waals surface area contributed by atoms with E-state index in [1.807, 2.05) is 25.1 Å². The zero-order valence-corrected chi connectivity index (χ0v) is 19.1. The molecule has 10 heteroatoms. The van der Waals surface area contributed by atoms with E-state index in [2.05, 4.69) is 43.2 Å². The van der Waals surface area contributed by atoms with Gasteiger partial charge in [0.05, 0.1) is 6.20 Å². The van der Waals surface area contributed by atoms with Gasteiger partial charge in [0.25, 0.3) is 0 Å². The lowest BCUT2D eigenvalue weighted by Crippen LogP contribution is -2.44. The van der Waals surface area contributed by atoms with E-state index < -0.39 is 5.82 Å². The third-order valence-electron chi connectivity index (χ3n) is 5.67. The van der Waals surface area contributed by atoms with Crippen molar-refractivity contribution in [3.8, 4) is 17.8 Å². The topological polar surface area (TPSA) is 90.2 Å². The van der Waals surface area contributed by atoms with Crippen LogP contribution in [0.3, 0.4) is 0 Å². The zero-order valence-electron chi connectivity index (χ0n) is 18.3. The third kappa shape index (κ3) is 4.51. The maximum absolute atomic E-state index is 15.1. The van der Waals surface area contributed by atoms with Gasteiger partial charge in [-0.2, -0.15) is 15.2 Å². The van der Waals surface area contributed by atoms with Crippen molar-refractivity contribution in [2.45, 2.75) is 13.3 Å². The number of likely N-dealkylation sites (N-methyl/N-ethyl adjacent to an activating group) is 1. The van der Waals surface area contributed by atoms with Gasteiger partial charge >= 0.3 is 6.01 Å². The minimum atomic E-state index is -0.411. The van der Waals surface area contributed by atoms with Gasteiger partial charge in [-0.1, -0.05) is 29.1 Å². The van der Waals surface area contributed by atoms with Crippen molar-refractivity contribution in [2.24, 2.45) is 0 Å². The number of nitrogens with zero attached hydrogens (tertiary/aromatic N) is 6. The number of aromatic nitrogens is 3. The summed E-state index contributed by atoms with van der Waals surface area (Å²) in [5, 5.41) is 12.7. The normalized spacial score (nSPS) is 15.7. The lowest BCUT2D eigenvalue weighted by Gasteiger charge is -2.33. The highest BCUT2D eigenvalue weighted by Crippen LogP contribution is 2.34. The molecule has 2 aliphatic rings. The van der Waals surface area contributed by atoms with Crippen LogP contribution in [0.5, 0.6) is 11.8 Å². The maximum atomic E-state index is 15.1. The molecular formula is C23H22FN7OS. The van der Waals surface area contributed by atoms with Gasteiger partial charge in [-0.25, -0.2) is 9.37 Å². The van der Waals surface area contributed by atoms with Crippen molar-refractivity contribution in [3.05, 3.63) is 51.8 Å². The Kier molecular flexibility index (Phi) is 5.66. The fraction of sp³-hybridized carbons (Fsp3) is 0.304. The number of nitriles is 1. The summed E-state index contributed by atoms with van der Waals surface area (Å²) in [4.78, 5) is 18.1. The molecule has 33 heavy (non-hydrogen) atoms. The smallest absolute Gasteiger partial charge is 0.326 e. The van der Waals surface area contributed by atoms with E-state index in [9.17, 15) is 0 Å². The first kappa shape index (κ1) is 21.3. The molecule has 2 aromatic heterocycles. The summed E-state index contributed by atoms with van der Waals surface area (Å²) in [5.41, 5.74) is 2.62. The van der Waals surface area contributed by atoms with Gasteiger partial charge in [0, 0.05) is 37.8 Å². The predicted octanol–water partition coefficient (Wildman–Crippen LogP) is 4.19. The van der Waals surface area contributed by atoms with E-state index in [0.717, 1.165) is 43.7 Å². The van der Waals surface area contributed by atoms with Crippen LogP contribution in [0.4, 0.5) is 21.2 Å². The first-order valence-electron chi connectivity index (χ1n) is 10.6. The molecule has 0 radical (unpaired) electrons. The summed E-state index contributed by atoms with van der Waals surface area (Å²) in [6, 6.07) is 7.44. The number of nitrogens with one attached hydrogen (secondary N) is 1. The predicted molar refractivity (Wildman–Crippen MR) is 126 cm³/mol. The fourth-order valence-corrected chi connectivity index (χ4v) is 4.53. The Morgan fingerprint density at radius 2 is 2.03 bits per heavy atom. The Morgan fingerprint density at radius 1 is 1.21 bits per heavy atom. The second-order valence-electron chi connectivity index (χ2n) is 8.17. The molecule has 168 valence electrons. The minimum absolute atomic E-state index is 0.0449. The van der Waals surface area contributed by atoms with Crippen LogP contribution in [0.15, 0.2) is 30.0 Å². The number of halogens is 1. The summed E-state index contributed by atoms with van der Waals surface area (Å²) in [7, 11) is 2.08. The number of rotatable bonds is 5. The molecule has 5 rings (SSSR count). The first-order valence-corrected chi connectivity index (χ1v) is 11.4. The van der Waals surface area contributed by atoms with Crippen molar-refractivity contribution in [2.75, 3.05) is 43.4 Å². The van der Waals surface area contributed by atoms with Crippen LogP contribution in [0.2, 0.25) is 0 Å². The molecule has 0 bridgehead atoms. The van der Waals surface area contributed by atoms with E-state index in [1.54, 1.807) is 6.07 Å². The lowest BCUT2D eigenvalue weighted by molar-refractivity contribution is 0.311. The first-order chi connectivity index (χ1) is 16.0. The molecule has 3 heterocycles. The van der Waals surface area contributed by atoms with Gasteiger partial charge in [-0.05, 0) is 32.0 Å². The molecule has 0 amide bonds. The summed E-state index contributed by atoms with van der Waals surface area (Å²) < 4.78 is 21.0. The zero-order chi connectivity index (χ0) is 22.9. The summed E-state index contributed by atoms with van der Waals surface area (Å²) in [5.74, 6) is 0.822. The highest BCUT2D eigenvalue weighted by molar-refractivity contribution is 7.16. The molecule has 0 saturated carbocycles. The highest BCUT2D eigenvalue weighted by atomic mass is 32.1. The number of allylic oxidation sites excluding steroid dienone is 1. The quantitative estimate of drug-likeness (QED) is 0.602. The standard InChI is InChI=1S/C23H22FN7OS/c1-14-9-15-3-4-18(21(24)17(15)10-14)32-22-27-19(28-23-26-13-16(12-25)33-23)11-20(29-22)31-7-5-30(2)6-8-31/h3-4,10-11,13H,5-9H2,1-2H3,(H,26,27,28,29). The molecular weight excluding hydrogens is 441 g/mol. The summed E-state index contributed by atoms with van der Waals surface area (Å²) >= 11 is 1.22. The maximum Gasteiger partial charge on any atom is 0.326 e. The van der Waals surface area contributed by atoms with E-state index >= 15 is 4.39 Å². The molecule has 1 N–H and O–H groups in total. The number of hydrogen-bond acceptors (Lipinski definition) is 9. The Labute approximate surface area is 195 Å². The Morgan fingerprint density at radius 3 is 2.79 bits per heavy atom. The molecule has 1 saturated heterocycles. The summed E-state index contributed by atoms with van der Waals surface area (Å²) in [6.45, 7) is 5.41. The van der Waals surface area contributed by atoms with Gasteiger partial charge in [-0.15, -0.1) is 0 Å². The SMILES string of the molecule is CC1=Cc2c(ccc(Oc3nc(Nc4ncc(C#N)s4)cc(N4CCN(C)CC4)n3)c2F)C1. The van der Waals surface area contributed by atoms with Crippen molar-refractivity contribution in [1.82, 2.24) is 19.9 Å². The number of hydrogen-bond donors (Lipinski definition) is 1. The molecule has 1 aliphatic carbocycles. The molecule has 3 aromatic rings. The average Bonchev–Trinajstić information content (AvgIpc) is 3.42. The van der Waals surface area contributed by atoms with Crippen molar-refractivity contribution >= 4 is 34.2 Å². The number of benzene rings is 1.